The first-order valence-electron chi connectivity index (χ1n) is 5.38. The molecule has 0 atom stereocenters. The third-order valence-corrected chi connectivity index (χ3v) is 2.98. The van der Waals surface area contributed by atoms with Crippen LogP contribution in [0, 0.1) is 33.9 Å². The molecule has 1 fully saturated rings. The summed E-state index contributed by atoms with van der Waals surface area (Å²) in [5.74, 6) is -0.478. The van der Waals surface area contributed by atoms with Gasteiger partial charge in [0.2, 0.25) is 0 Å². The molecule has 0 aromatic heterocycles. The molecule has 0 unspecified atom stereocenters. The van der Waals surface area contributed by atoms with E-state index in [2.05, 4.69) is 11.0 Å². The predicted molar refractivity (Wildman–Crippen MR) is 60.1 cm³/mol. The summed E-state index contributed by atoms with van der Waals surface area (Å²) in [5.41, 5.74) is 0.645. The highest BCUT2D eigenvalue weighted by molar-refractivity contribution is 5.33. The van der Waals surface area contributed by atoms with Crippen molar-refractivity contribution in [2.45, 2.75) is 13.5 Å². The number of hydrogen-bond donors (Lipinski definition) is 0. The number of nitrogens with zero attached hydrogens (tertiary/aromatic N) is 3. The maximum atomic E-state index is 13.3. The summed E-state index contributed by atoms with van der Waals surface area (Å²) in [6, 6.07) is 8.70. The molecule has 1 aliphatic rings. The molecule has 0 amide bonds. The van der Waals surface area contributed by atoms with Gasteiger partial charge in [0.25, 0.3) is 0 Å². The molecule has 1 saturated heterocycles. The topological polar surface area (TPSA) is 50.8 Å². The first-order valence-corrected chi connectivity index (χ1v) is 5.38. The number of halogens is 1. The fourth-order valence-electron chi connectivity index (χ4n) is 2.13. The molecule has 1 aliphatic heterocycles. The average molecular weight is 229 g/mol. The van der Waals surface area contributed by atoms with Crippen LogP contribution >= 0.6 is 0 Å². The first-order chi connectivity index (χ1) is 8.06. The second-order valence-corrected chi connectivity index (χ2v) is 4.74. The van der Waals surface area contributed by atoms with E-state index in [-0.39, 0.29) is 11.0 Å². The molecule has 0 spiro atoms. The van der Waals surface area contributed by atoms with E-state index in [4.69, 9.17) is 10.5 Å². The Morgan fingerprint density at radius 3 is 2.65 bits per heavy atom. The Labute approximate surface area is 99.7 Å². The summed E-state index contributed by atoms with van der Waals surface area (Å²) in [5, 5.41) is 17.5. The minimum absolute atomic E-state index is 0.0687. The minimum atomic E-state index is -0.478. The predicted octanol–water partition coefficient (Wildman–Crippen LogP) is 2.04. The lowest BCUT2D eigenvalue weighted by molar-refractivity contribution is 0.0529. The normalized spacial score (nSPS) is 17.9. The molecule has 4 heteroatoms. The van der Waals surface area contributed by atoms with Crippen LogP contribution in [0.4, 0.5) is 4.39 Å². The van der Waals surface area contributed by atoms with Gasteiger partial charge in [0.1, 0.15) is 11.9 Å². The molecule has 0 aliphatic carbocycles. The summed E-state index contributed by atoms with van der Waals surface area (Å²) in [7, 11) is 0. The van der Waals surface area contributed by atoms with Crippen LogP contribution in [0.2, 0.25) is 0 Å². The van der Waals surface area contributed by atoms with Crippen LogP contribution in [0.3, 0.4) is 0 Å². The van der Waals surface area contributed by atoms with Gasteiger partial charge in [-0.2, -0.15) is 10.5 Å². The Morgan fingerprint density at radius 2 is 2.12 bits per heavy atom. The lowest BCUT2D eigenvalue weighted by Gasteiger charge is -2.43. The molecule has 17 heavy (non-hydrogen) atoms. The Balaban J connectivity index is 2.01. The van der Waals surface area contributed by atoms with Crippen LogP contribution < -0.4 is 0 Å². The van der Waals surface area contributed by atoms with Gasteiger partial charge in [-0.3, -0.25) is 4.90 Å². The van der Waals surface area contributed by atoms with Crippen LogP contribution in [-0.2, 0) is 6.54 Å². The van der Waals surface area contributed by atoms with Crippen molar-refractivity contribution in [1.82, 2.24) is 4.90 Å². The van der Waals surface area contributed by atoms with Crippen molar-refractivity contribution in [1.29, 1.82) is 10.5 Å². The van der Waals surface area contributed by atoms with E-state index in [1.165, 1.54) is 12.1 Å². The van der Waals surface area contributed by atoms with Crippen LogP contribution in [0.1, 0.15) is 18.1 Å². The van der Waals surface area contributed by atoms with Crippen molar-refractivity contribution < 1.29 is 4.39 Å². The van der Waals surface area contributed by atoms with E-state index in [1.54, 1.807) is 12.1 Å². The maximum absolute atomic E-state index is 13.3. The third kappa shape index (κ3) is 2.27. The van der Waals surface area contributed by atoms with Crippen LogP contribution in [0.15, 0.2) is 18.2 Å². The van der Waals surface area contributed by atoms with Crippen molar-refractivity contribution in [3.05, 3.63) is 35.1 Å². The van der Waals surface area contributed by atoms with Crippen molar-refractivity contribution in [3.8, 4) is 12.1 Å². The van der Waals surface area contributed by atoms with Gasteiger partial charge in [0.05, 0.1) is 17.0 Å². The fraction of sp³-hybridized carbons (Fsp3) is 0.385. The van der Waals surface area contributed by atoms with Gasteiger partial charge in [-0.15, -0.1) is 0 Å². The molecule has 1 heterocycles. The maximum Gasteiger partial charge on any atom is 0.141 e. The zero-order valence-corrected chi connectivity index (χ0v) is 9.57. The summed E-state index contributed by atoms with van der Waals surface area (Å²) in [6.07, 6.45) is 0. The molecule has 86 valence electrons. The van der Waals surface area contributed by atoms with Crippen molar-refractivity contribution in [3.63, 3.8) is 0 Å². The Bertz CT molecular complexity index is 518. The van der Waals surface area contributed by atoms with Gasteiger partial charge in [-0.1, -0.05) is 6.07 Å². The molecule has 0 bridgehead atoms. The van der Waals surface area contributed by atoms with Gasteiger partial charge in [0, 0.05) is 19.6 Å². The number of benzene rings is 1. The van der Waals surface area contributed by atoms with E-state index < -0.39 is 5.82 Å². The zero-order chi connectivity index (χ0) is 12.5. The molecule has 2 rings (SSSR count). The SMILES string of the molecule is CC1(C#N)CN(Cc2ccc(C#N)c(F)c2)C1. The zero-order valence-electron chi connectivity index (χ0n) is 9.57. The molecular formula is C13H12FN3. The number of rotatable bonds is 2. The largest absolute Gasteiger partial charge is 0.296 e. The van der Waals surface area contributed by atoms with Gasteiger partial charge in [0.15, 0.2) is 0 Å². The molecule has 3 nitrogen and oxygen atoms in total. The van der Waals surface area contributed by atoms with Crippen LogP contribution in [0.25, 0.3) is 0 Å². The highest BCUT2D eigenvalue weighted by atomic mass is 19.1. The highest BCUT2D eigenvalue weighted by Crippen LogP contribution is 2.30. The molecule has 1 aromatic carbocycles. The van der Waals surface area contributed by atoms with E-state index in [9.17, 15) is 4.39 Å². The summed E-state index contributed by atoms with van der Waals surface area (Å²) >= 11 is 0. The Morgan fingerprint density at radius 1 is 1.41 bits per heavy atom. The first kappa shape index (κ1) is 11.6. The second kappa shape index (κ2) is 4.16. The standard InChI is InChI=1S/C13H12FN3/c1-13(7-16)8-17(9-13)6-10-2-3-11(5-15)12(14)4-10/h2-4H,6,8-9H2,1H3. The van der Waals surface area contributed by atoms with Crippen molar-refractivity contribution >= 4 is 0 Å². The average Bonchev–Trinajstić information content (AvgIpc) is 2.27. The van der Waals surface area contributed by atoms with Crippen LogP contribution in [0.5, 0.6) is 0 Å². The van der Waals surface area contributed by atoms with E-state index in [1.807, 2.05) is 6.92 Å². The quantitative estimate of drug-likeness (QED) is 0.779. The molecule has 0 N–H and O–H groups in total. The number of nitriles is 2. The summed E-state index contributed by atoms with van der Waals surface area (Å²) in [4.78, 5) is 2.09. The van der Waals surface area contributed by atoms with E-state index >= 15 is 0 Å². The highest BCUT2D eigenvalue weighted by Gasteiger charge is 2.38. The number of hydrogen-bond acceptors (Lipinski definition) is 3. The summed E-state index contributed by atoms with van der Waals surface area (Å²) in [6.45, 7) is 3.97. The van der Waals surface area contributed by atoms with E-state index in [0.29, 0.717) is 19.6 Å². The number of likely N-dealkylation sites (tertiary alicyclic amines) is 1. The lowest BCUT2D eigenvalue weighted by Crippen LogP contribution is -2.53. The monoisotopic (exact) mass is 229 g/mol. The Kier molecular flexibility index (Phi) is 2.83. The lowest BCUT2D eigenvalue weighted by atomic mass is 9.83. The van der Waals surface area contributed by atoms with Gasteiger partial charge >= 0.3 is 0 Å². The van der Waals surface area contributed by atoms with Crippen LogP contribution in [-0.4, -0.2) is 18.0 Å². The molecule has 0 saturated carbocycles. The van der Waals surface area contributed by atoms with Gasteiger partial charge in [-0.25, -0.2) is 4.39 Å². The fourth-order valence-corrected chi connectivity index (χ4v) is 2.13. The second-order valence-electron chi connectivity index (χ2n) is 4.74. The van der Waals surface area contributed by atoms with Crippen molar-refractivity contribution in [2.24, 2.45) is 5.41 Å². The molecule has 1 aromatic rings. The molecule has 0 radical (unpaired) electrons. The molecular weight excluding hydrogens is 217 g/mol. The van der Waals surface area contributed by atoms with Crippen molar-refractivity contribution in [2.75, 3.05) is 13.1 Å². The minimum Gasteiger partial charge on any atom is -0.296 e. The summed E-state index contributed by atoms with van der Waals surface area (Å²) < 4.78 is 13.3. The smallest absolute Gasteiger partial charge is 0.141 e. The van der Waals surface area contributed by atoms with Gasteiger partial charge in [-0.05, 0) is 24.6 Å². The Hall–Kier alpha value is -1.91. The van der Waals surface area contributed by atoms with Gasteiger partial charge < -0.3 is 0 Å². The van der Waals surface area contributed by atoms with E-state index in [0.717, 1.165) is 5.56 Å². The third-order valence-electron chi connectivity index (χ3n) is 2.98.